The van der Waals surface area contributed by atoms with E-state index in [4.69, 9.17) is 12.2 Å². The smallest absolute Gasteiger partial charge is 0.263 e. The van der Waals surface area contributed by atoms with Crippen molar-refractivity contribution >= 4 is 33.8 Å². The van der Waals surface area contributed by atoms with Gasteiger partial charge in [-0.15, -0.1) is 11.3 Å². The van der Waals surface area contributed by atoms with E-state index in [1.807, 2.05) is 24.3 Å². The van der Waals surface area contributed by atoms with E-state index in [1.54, 1.807) is 22.1 Å². The van der Waals surface area contributed by atoms with E-state index < -0.39 is 0 Å². The Balaban J connectivity index is 2.16. The number of thiophene rings is 1. The Morgan fingerprint density at radius 2 is 2.30 bits per heavy atom. The van der Waals surface area contributed by atoms with Crippen molar-refractivity contribution < 1.29 is 0 Å². The molecule has 3 aromatic heterocycles. The van der Waals surface area contributed by atoms with Gasteiger partial charge < -0.3 is 4.98 Å². The molecule has 0 atom stereocenters. The van der Waals surface area contributed by atoms with Gasteiger partial charge in [0.15, 0.2) is 4.77 Å². The fourth-order valence-electron chi connectivity index (χ4n) is 2.07. The van der Waals surface area contributed by atoms with E-state index in [1.165, 1.54) is 4.88 Å². The van der Waals surface area contributed by atoms with Gasteiger partial charge in [0.1, 0.15) is 4.83 Å². The summed E-state index contributed by atoms with van der Waals surface area (Å²) in [6.45, 7) is 2.47. The van der Waals surface area contributed by atoms with Gasteiger partial charge in [-0.3, -0.25) is 14.3 Å². The summed E-state index contributed by atoms with van der Waals surface area (Å²) in [5.74, 6) is 0. The Morgan fingerprint density at radius 3 is 3.00 bits per heavy atom. The lowest BCUT2D eigenvalue weighted by Gasteiger charge is -2.05. The van der Waals surface area contributed by atoms with Crippen molar-refractivity contribution in [2.24, 2.45) is 0 Å². The van der Waals surface area contributed by atoms with Crippen molar-refractivity contribution in [3.8, 4) is 0 Å². The van der Waals surface area contributed by atoms with E-state index in [0.717, 1.165) is 16.9 Å². The molecule has 1 N–H and O–H groups in total. The van der Waals surface area contributed by atoms with Gasteiger partial charge >= 0.3 is 0 Å². The number of aromatic amines is 1. The second kappa shape index (κ2) is 5.30. The predicted molar refractivity (Wildman–Crippen MR) is 84.0 cm³/mol. The number of aryl methyl sites for hydroxylation is 1. The summed E-state index contributed by atoms with van der Waals surface area (Å²) >= 11 is 6.89. The van der Waals surface area contributed by atoms with E-state index >= 15 is 0 Å². The van der Waals surface area contributed by atoms with Crippen molar-refractivity contribution in [2.75, 3.05) is 0 Å². The monoisotopic (exact) mass is 303 g/mol. The van der Waals surface area contributed by atoms with Crippen LogP contribution >= 0.6 is 23.6 Å². The van der Waals surface area contributed by atoms with Gasteiger partial charge in [-0.2, -0.15) is 0 Å². The first-order valence-corrected chi connectivity index (χ1v) is 7.57. The fourth-order valence-corrected chi connectivity index (χ4v) is 3.37. The van der Waals surface area contributed by atoms with Crippen LogP contribution in [0.25, 0.3) is 10.2 Å². The van der Waals surface area contributed by atoms with Crippen LogP contribution < -0.4 is 5.56 Å². The van der Waals surface area contributed by atoms with Gasteiger partial charge in [-0.05, 0) is 36.8 Å². The standard InChI is InChI=1S/C14H13N3OS2/c1-2-10-7-11-12(20-10)16-14(19)17(13(11)18)8-9-5-3-4-6-15-9/h3-7H,2,8H2,1H3,(H,16,19). The van der Waals surface area contributed by atoms with Crippen molar-refractivity contribution in [2.45, 2.75) is 19.9 Å². The van der Waals surface area contributed by atoms with Crippen LogP contribution in [0.15, 0.2) is 35.3 Å². The maximum Gasteiger partial charge on any atom is 0.263 e. The van der Waals surface area contributed by atoms with E-state index in [2.05, 4.69) is 16.9 Å². The first-order chi connectivity index (χ1) is 9.69. The van der Waals surface area contributed by atoms with E-state index in [0.29, 0.717) is 16.7 Å². The minimum atomic E-state index is -0.0506. The van der Waals surface area contributed by atoms with Crippen molar-refractivity contribution in [1.29, 1.82) is 0 Å². The fraction of sp³-hybridized carbons (Fsp3) is 0.214. The molecule has 0 aliphatic carbocycles. The second-order valence-electron chi connectivity index (χ2n) is 4.45. The average molecular weight is 303 g/mol. The zero-order valence-electron chi connectivity index (χ0n) is 10.9. The van der Waals surface area contributed by atoms with Crippen molar-refractivity contribution in [3.05, 3.63) is 56.2 Å². The number of hydrogen-bond donors (Lipinski definition) is 1. The molecule has 6 heteroatoms. The third-order valence-corrected chi connectivity index (χ3v) is 4.64. The summed E-state index contributed by atoms with van der Waals surface area (Å²) in [5, 5.41) is 0.705. The quantitative estimate of drug-likeness (QED) is 0.756. The summed E-state index contributed by atoms with van der Waals surface area (Å²) in [7, 11) is 0. The lowest BCUT2D eigenvalue weighted by atomic mass is 10.3. The maximum absolute atomic E-state index is 12.5. The number of fused-ring (bicyclic) bond motifs is 1. The number of H-pyrrole nitrogens is 1. The third-order valence-electron chi connectivity index (χ3n) is 3.12. The molecule has 102 valence electrons. The van der Waals surface area contributed by atoms with E-state index in [-0.39, 0.29) is 5.56 Å². The highest BCUT2D eigenvalue weighted by Crippen LogP contribution is 2.21. The minimum absolute atomic E-state index is 0.0506. The van der Waals surface area contributed by atoms with Crippen LogP contribution in [-0.4, -0.2) is 14.5 Å². The van der Waals surface area contributed by atoms with Gasteiger partial charge in [0.2, 0.25) is 0 Å². The molecule has 3 aromatic rings. The zero-order chi connectivity index (χ0) is 14.1. The van der Waals surface area contributed by atoms with Gasteiger partial charge in [0, 0.05) is 11.1 Å². The molecule has 0 radical (unpaired) electrons. The topological polar surface area (TPSA) is 50.7 Å². The highest BCUT2D eigenvalue weighted by atomic mass is 32.1. The van der Waals surface area contributed by atoms with Gasteiger partial charge in [-0.25, -0.2) is 0 Å². The Morgan fingerprint density at radius 1 is 1.45 bits per heavy atom. The number of nitrogens with one attached hydrogen (secondary N) is 1. The summed E-state index contributed by atoms with van der Waals surface area (Å²) in [4.78, 5) is 22.0. The highest BCUT2D eigenvalue weighted by molar-refractivity contribution is 7.71. The van der Waals surface area contributed by atoms with Crippen LogP contribution in [-0.2, 0) is 13.0 Å². The molecular formula is C14H13N3OS2. The molecule has 3 heterocycles. The number of aromatic nitrogens is 3. The molecular weight excluding hydrogens is 290 g/mol. The first kappa shape index (κ1) is 13.2. The second-order valence-corrected chi connectivity index (χ2v) is 5.98. The molecule has 0 fully saturated rings. The average Bonchev–Trinajstić information content (AvgIpc) is 2.88. The molecule has 0 aliphatic rings. The van der Waals surface area contributed by atoms with Crippen LogP contribution in [0.3, 0.4) is 0 Å². The Kier molecular flexibility index (Phi) is 3.50. The molecule has 20 heavy (non-hydrogen) atoms. The molecule has 0 aromatic carbocycles. The molecule has 3 rings (SSSR count). The van der Waals surface area contributed by atoms with Crippen LogP contribution in [0.1, 0.15) is 17.5 Å². The Hall–Kier alpha value is -1.79. The van der Waals surface area contributed by atoms with Crippen LogP contribution in [0.4, 0.5) is 0 Å². The summed E-state index contributed by atoms with van der Waals surface area (Å²) in [6.07, 6.45) is 2.63. The van der Waals surface area contributed by atoms with Crippen LogP contribution in [0.2, 0.25) is 0 Å². The van der Waals surface area contributed by atoms with Gasteiger partial charge in [-0.1, -0.05) is 13.0 Å². The molecule has 0 bridgehead atoms. The minimum Gasteiger partial charge on any atom is -0.323 e. The Labute approximate surface area is 124 Å². The number of nitrogens with zero attached hydrogens (tertiary/aromatic N) is 2. The molecule has 0 aliphatic heterocycles. The zero-order valence-corrected chi connectivity index (χ0v) is 12.6. The van der Waals surface area contributed by atoms with Crippen molar-refractivity contribution in [3.63, 3.8) is 0 Å². The molecule has 0 amide bonds. The first-order valence-electron chi connectivity index (χ1n) is 6.34. The summed E-state index contributed by atoms with van der Waals surface area (Å²) in [5.41, 5.74) is 0.768. The number of hydrogen-bond acceptors (Lipinski definition) is 4. The molecule has 0 spiro atoms. The predicted octanol–water partition coefficient (Wildman–Crippen LogP) is 3.13. The largest absolute Gasteiger partial charge is 0.323 e. The third kappa shape index (κ3) is 2.32. The molecule has 0 saturated carbocycles. The molecule has 4 nitrogen and oxygen atoms in total. The molecule has 0 saturated heterocycles. The molecule has 0 unspecified atom stereocenters. The van der Waals surface area contributed by atoms with Gasteiger partial charge in [0.25, 0.3) is 5.56 Å². The lowest BCUT2D eigenvalue weighted by molar-refractivity contribution is 0.718. The number of pyridine rings is 1. The highest BCUT2D eigenvalue weighted by Gasteiger charge is 2.09. The summed E-state index contributed by atoms with van der Waals surface area (Å²) < 4.78 is 2.00. The normalized spacial score (nSPS) is 11.1. The van der Waals surface area contributed by atoms with E-state index in [9.17, 15) is 4.79 Å². The van der Waals surface area contributed by atoms with Crippen molar-refractivity contribution in [1.82, 2.24) is 14.5 Å². The van der Waals surface area contributed by atoms with Gasteiger partial charge in [0.05, 0.1) is 17.6 Å². The number of rotatable bonds is 3. The SMILES string of the molecule is CCc1cc2c(=O)n(Cc3ccccn3)c(=S)[nH]c2s1. The maximum atomic E-state index is 12.5. The van der Waals surface area contributed by atoms with Crippen LogP contribution in [0, 0.1) is 4.77 Å². The summed E-state index contributed by atoms with van der Waals surface area (Å²) in [6, 6.07) is 7.58. The Bertz CT molecular complexity index is 861. The van der Waals surface area contributed by atoms with Crippen LogP contribution in [0.5, 0.6) is 0 Å². The lowest BCUT2D eigenvalue weighted by Crippen LogP contribution is -2.22.